The van der Waals surface area contributed by atoms with E-state index in [0.717, 1.165) is 11.1 Å². The van der Waals surface area contributed by atoms with Crippen LogP contribution in [0.1, 0.15) is 59.6 Å². The van der Waals surface area contributed by atoms with Crippen molar-refractivity contribution in [1.82, 2.24) is 0 Å². The lowest BCUT2D eigenvalue weighted by atomic mass is 9.81. The quantitative estimate of drug-likeness (QED) is 0.535. The number of hydrogen-bond acceptors (Lipinski definition) is 5. The highest BCUT2D eigenvalue weighted by atomic mass is 16.5. The number of benzene rings is 2. The van der Waals surface area contributed by atoms with Crippen molar-refractivity contribution < 1.29 is 24.1 Å². The molecule has 0 radical (unpaired) electrons. The minimum atomic E-state index is -0.430. The molecule has 0 spiro atoms. The Morgan fingerprint density at radius 2 is 1.24 bits per heavy atom. The molecule has 0 heterocycles. The Morgan fingerprint density at radius 1 is 0.793 bits per heavy atom. The maximum Gasteiger partial charge on any atom is 0.308 e. The van der Waals surface area contributed by atoms with Crippen LogP contribution in [0.3, 0.4) is 0 Å². The molecule has 5 nitrogen and oxygen atoms in total. The van der Waals surface area contributed by atoms with E-state index >= 15 is 0 Å². The van der Waals surface area contributed by atoms with E-state index in [4.69, 9.17) is 14.2 Å². The van der Waals surface area contributed by atoms with Crippen LogP contribution >= 0.6 is 0 Å². The zero-order valence-corrected chi connectivity index (χ0v) is 18.9. The van der Waals surface area contributed by atoms with E-state index in [-0.39, 0.29) is 16.6 Å². The van der Waals surface area contributed by atoms with Crippen molar-refractivity contribution in [2.75, 3.05) is 14.2 Å². The van der Waals surface area contributed by atoms with Gasteiger partial charge in [0.25, 0.3) is 0 Å². The zero-order valence-electron chi connectivity index (χ0n) is 18.9. The van der Waals surface area contributed by atoms with Gasteiger partial charge in [-0.3, -0.25) is 4.79 Å². The van der Waals surface area contributed by atoms with E-state index in [1.807, 2.05) is 53.7 Å². The van der Waals surface area contributed by atoms with Crippen molar-refractivity contribution in [3.63, 3.8) is 0 Å². The summed E-state index contributed by atoms with van der Waals surface area (Å²) in [5.41, 5.74) is 2.00. The van der Waals surface area contributed by atoms with Gasteiger partial charge in [0.1, 0.15) is 23.0 Å². The van der Waals surface area contributed by atoms with Gasteiger partial charge in [0.15, 0.2) is 0 Å². The Hall–Kier alpha value is -2.69. The molecule has 0 saturated heterocycles. The van der Waals surface area contributed by atoms with Gasteiger partial charge in [-0.2, -0.15) is 0 Å². The molecule has 2 aromatic rings. The monoisotopic (exact) mass is 400 g/mol. The van der Waals surface area contributed by atoms with Crippen molar-refractivity contribution in [2.45, 2.75) is 59.3 Å². The summed E-state index contributed by atoms with van der Waals surface area (Å²) in [7, 11) is 3.17. The van der Waals surface area contributed by atoms with Crippen molar-refractivity contribution in [3.05, 3.63) is 35.4 Å². The minimum Gasteiger partial charge on any atom is -0.507 e. The third-order valence-corrected chi connectivity index (χ3v) is 4.77. The lowest BCUT2D eigenvalue weighted by Crippen LogP contribution is -2.16. The van der Waals surface area contributed by atoms with Crippen LogP contribution in [0.5, 0.6) is 23.0 Å². The largest absolute Gasteiger partial charge is 0.507 e. The van der Waals surface area contributed by atoms with Crippen LogP contribution in [0.25, 0.3) is 11.1 Å². The number of esters is 1. The molecule has 0 aromatic heterocycles. The Balaban J connectivity index is 2.98. The number of hydrogen-bond donors (Lipinski definition) is 1. The van der Waals surface area contributed by atoms with Crippen molar-refractivity contribution in [1.29, 1.82) is 0 Å². The van der Waals surface area contributed by atoms with Crippen LogP contribution in [0.4, 0.5) is 0 Å². The first-order chi connectivity index (χ1) is 13.3. The number of methoxy groups -OCH3 is 2. The molecule has 2 rings (SSSR count). The number of carbonyl (C=O) groups excluding carboxylic acids is 1. The number of phenolic OH excluding ortho intramolecular Hbond substituents is 1. The van der Waals surface area contributed by atoms with Gasteiger partial charge in [0, 0.05) is 29.2 Å². The Bertz CT molecular complexity index is 914. The topological polar surface area (TPSA) is 65.0 Å². The van der Waals surface area contributed by atoms with E-state index in [1.54, 1.807) is 26.4 Å². The summed E-state index contributed by atoms with van der Waals surface area (Å²) in [5, 5.41) is 11.2. The lowest BCUT2D eigenvalue weighted by molar-refractivity contribution is -0.131. The number of carbonyl (C=O) groups is 1. The summed E-state index contributed by atoms with van der Waals surface area (Å²) < 4.78 is 16.7. The second kappa shape index (κ2) is 7.97. The van der Waals surface area contributed by atoms with Gasteiger partial charge < -0.3 is 19.3 Å². The Labute approximate surface area is 173 Å². The second-order valence-electron chi connectivity index (χ2n) is 9.22. The summed E-state index contributed by atoms with van der Waals surface area (Å²) in [5.74, 6) is 1.33. The molecule has 2 aromatic carbocycles. The molecule has 29 heavy (non-hydrogen) atoms. The average Bonchev–Trinajstić information content (AvgIpc) is 2.59. The van der Waals surface area contributed by atoms with Crippen molar-refractivity contribution in [3.8, 4) is 34.1 Å². The summed E-state index contributed by atoms with van der Waals surface area (Å²) in [4.78, 5) is 11.9. The first-order valence-corrected chi connectivity index (χ1v) is 9.62. The van der Waals surface area contributed by atoms with Gasteiger partial charge in [-0.05, 0) is 35.1 Å². The van der Waals surface area contributed by atoms with Crippen molar-refractivity contribution in [2.24, 2.45) is 0 Å². The zero-order chi connectivity index (χ0) is 22.1. The second-order valence-corrected chi connectivity index (χ2v) is 9.22. The van der Waals surface area contributed by atoms with Crippen LogP contribution in [-0.4, -0.2) is 25.3 Å². The van der Waals surface area contributed by atoms with E-state index < -0.39 is 5.97 Å². The summed E-state index contributed by atoms with van der Waals surface area (Å²) in [6, 6.07) is 7.21. The molecule has 0 aliphatic carbocycles. The Morgan fingerprint density at radius 3 is 1.66 bits per heavy atom. The fourth-order valence-electron chi connectivity index (χ4n) is 3.23. The van der Waals surface area contributed by atoms with Crippen molar-refractivity contribution >= 4 is 5.97 Å². The summed E-state index contributed by atoms with van der Waals surface area (Å²) in [6.45, 7) is 13.5. The molecule has 0 unspecified atom stereocenters. The molecule has 0 bridgehead atoms. The predicted molar refractivity (Wildman–Crippen MR) is 115 cm³/mol. The molecule has 158 valence electrons. The van der Waals surface area contributed by atoms with Gasteiger partial charge in [0.2, 0.25) is 0 Å². The van der Waals surface area contributed by atoms with E-state index in [9.17, 15) is 9.90 Å². The van der Waals surface area contributed by atoms with Gasteiger partial charge >= 0.3 is 5.97 Å². The standard InChI is InChI=1S/C24H32O5/c1-14(25)29-22-18(11-16(28-9)13-20(22)24(5,6)7)17-10-15(27-8)12-19(21(17)26)23(2,3)4/h10-13,26H,1-9H3. The first kappa shape index (κ1) is 22.6. The molecule has 1 N–H and O–H groups in total. The molecule has 0 saturated carbocycles. The SMILES string of the molecule is COc1cc(-c2cc(OC)cc(C(C)(C)C)c2OC(C)=O)c(O)c(C(C)(C)C)c1. The highest BCUT2D eigenvalue weighted by Crippen LogP contribution is 2.48. The fourth-order valence-corrected chi connectivity index (χ4v) is 3.23. The smallest absolute Gasteiger partial charge is 0.308 e. The van der Waals surface area contributed by atoms with Crippen LogP contribution < -0.4 is 14.2 Å². The van der Waals surface area contributed by atoms with Gasteiger partial charge in [0.05, 0.1) is 14.2 Å². The van der Waals surface area contributed by atoms with E-state index in [1.165, 1.54) is 6.92 Å². The molecule has 5 heteroatoms. The molecule has 0 aliphatic heterocycles. The van der Waals surface area contributed by atoms with E-state index in [2.05, 4.69) is 0 Å². The molecular weight excluding hydrogens is 368 g/mol. The summed E-state index contributed by atoms with van der Waals surface area (Å²) in [6.07, 6.45) is 0. The van der Waals surface area contributed by atoms with E-state index in [0.29, 0.717) is 28.4 Å². The predicted octanol–water partition coefficient (Wildman–Crippen LogP) is 5.60. The van der Waals surface area contributed by atoms with Crippen LogP contribution in [0, 0.1) is 0 Å². The molecule has 0 fully saturated rings. The Kier molecular flexibility index (Phi) is 6.21. The molecule has 0 amide bonds. The van der Waals surface area contributed by atoms with Crippen LogP contribution in [-0.2, 0) is 15.6 Å². The normalized spacial score (nSPS) is 11.9. The van der Waals surface area contributed by atoms with Gasteiger partial charge in [-0.15, -0.1) is 0 Å². The summed E-state index contributed by atoms with van der Waals surface area (Å²) >= 11 is 0. The highest BCUT2D eigenvalue weighted by molar-refractivity contribution is 5.84. The van der Waals surface area contributed by atoms with Crippen LogP contribution in [0.15, 0.2) is 24.3 Å². The molecule has 0 aliphatic rings. The number of aromatic hydroxyl groups is 1. The third kappa shape index (κ3) is 4.84. The maximum absolute atomic E-state index is 11.9. The third-order valence-electron chi connectivity index (χ3n) is 4.77. The highest BCUT2D eigenvalue weighted by Gasteiger charge is 2.28. The fraction of sp³-hybridized carbons (Fsp3) is 0.458. The minimum absolute atomic E-state index is 0.125. The van der Waals surface area contributed by atoms with Gasteiger partial charge in [-0.1, -0.05) is 41.5 Å². The maximum atomic E-state index is 11.9. The number of phenols is 1. The van der Waals surface area contributed by atoms with Crippen LogP contribution in [0.2, 0.25) is 0 Å². The number of rotatable bonds is 4. The first-order valence-electron chi connectivity index (χ1n) is 9.62. The molecular formula is C24H32O5. The molecule has 0 atom stereocenters. The lowest BCUT2D eigenvalue weighted by Gasteiger charge is -2.27. The van der Waals surface area contributed by atoms with Gasteiger partial charge in [-0.25, -0.2) is 0 Å². The number of ether oxygens (including phenoxy) is 3. The average molecular weight is 401 g/mol.